The molecule has 1 aromatic heterocycles. The molecule has 0 aliphatic rings. The fraction of sp³-hybridized carbons (Fsp3) is 0.333. The highest BCUT2D eigenvalue weighted by Gasteiger charge is 2.28. The largest absolute Gasteiger partial charge is 0.484 e. The zero-order chi connectivity index (χ0) is 19.9. The molecule has 0 saturated carbocycles. The molecule has 0 aliphatic carbocycles. The van der Waals surface area contributed by atoms with Crippen LogP contribution in [0.2, 0.25) is 0 Å². The maximum Gasteiger partial charge on any atom is 0.422 e. The highest BCUT2D eigenvalue weighted by atomic mass is 19.4. The van der Waals surface area contributed by atoms with E-state index in [1.54, 1.807) is 30.5 Å². The summed E-state index contributed by atoms with van der Waals surface area (Å²) in [6.45, 7) is 2.42. The monoisotopic (exact) mass is 383 g/mol. The Morgan fingerprint density at radius 3 is 2.70 bits per heavy atom. The number of anilines is 1. The summed E-state index contributed by atoms with van der Waals surface area (Å²) in [5.41, 5.74) is 1.00. The first-order chi connectivity index (χ1) is 12.7. The molecule has 0 atom stereocenters. The molecule has 2 aromatic rings. The second kappa shape index (κ2) is 9.11. The number of carbonyl (C=O) groups is 1. The predicted octanol–water partition coefficient (Wildman–Crippen LogP) is 4.13. The van der Waals surface area contributed by atoms with E-state index in [0.29, 0.717) is 17.1 Å². The lowest BCUT2D eigenvalue weighted by atomic mass is 10.2. The number of halogens is 3. The number of amides is 2. The van der Waals surface area contributed by atoms with Crippen molar-refractivity contribution in [1.29, 1.82) is 0 Å². The highest BCUT2D eigenvalue weighted by molar-refractivity contribution is 5.90. The molecule has 0 spiro atoms. The van der Waals surface area contributed by atoms with Crippen LogP contribution in [-0.4, -0.2) is 29.9 Å². The van der Waals surface area contributed by atoms with Crippen molar-refractivity contribution < 1.29 is 27.4 Å². The van der Waals surface area contributed by atoms with Crippen LogP contribution in [0, 0.1) is 0 Å². The molecule has 0 saturated heterocycles. The van der Waals surface area contributed by atoms with Crippen LogP contribution in [-0.2, 0) is 6.54 Å². The van der Waals surface area contributed by atoms with Gasteiger partial charge in [0.05, 0.1) is 6.10 Å². The lowest BCUT2D eigenvalue weighted by Crippen LogP contribution is -2.28. The standard InChI is InChI=1S/C18H20F3N3O3/c1-12(2)27-16-15(7-4-8-22-16)24-17(25)23-10-13-5-3-6-14(9-13)26-11-18(19,20)21/h3-9,12H,10-11H2,1-2H3,(H2,23,24,25). The molecule has 27 heavy (non-hydrogen) atoms. The van der Waals surface area contributed by atoms with Crippen molar-refractivity contribution in [3.05, 3.63) is 48.2 Å². The zero-order valence-corrected chi connectivity index (χ0v) is 14.8. The van der Waals surface area contributed by atoms with Gasteiger partial charge in [0.2, 0.25) is 5.88 Å². The van der Waals surface area contributed by atoms with Gasteiger partial charge in [-0.2, -0.15) is 13.2 Å². The van der Waals surface area contributed by atoms with Crippen LogP contribution >= 0.6 is 0 Å². The number of urea groups is 1. The second-order valence-corrected chi connectivity index (χ2v) is 5.88. The maximum absolute atomic E-state index is 12.2. The van der Waals surface area contributed by atoms with Crippen molar-refractivity contribution >= 4 is 11.7 Å². The topological polar surface area (TPSA) is 72.5 Å². The van der Waals surface area contributed by atoms with Crippen LogP contribution in [0.3, 0.4) is 0 Å². The number of aromatic nitrogens is 1. The van der Waals surface area contributed by atoms with Gasteiger partial charge in [-0.1, -0.05) is 12.1 Å². The van der Waals surface area contributed by atoms with E-state index < -0.39 is 18.8 Å². The highest BCUT2D eigenvalue weighted by Crippen LogP contribution is 2.22. The smallest absolute Gasteiger partial charge is 0.422 e. The van der Waals surface area contributed by atoms with Crippen LogP contribution in [0.15, 0.2) is 42.6 Å². The Morgan fingerprint density at radius 2 is 2.00 bits per heavy atom. The number of nitrogens with one attached hydrogen (secondary N) is 2. The molecule has 0 aliphatic heterocycles. The summed E-state index contributed by atoms with van der Waals surface area (Å²) in [4.78, 5) is 16.1. The van der Waals surface area contributed by atoms with E-state index in [4.69, 9.17) is 4.74 Å². The molecule has 146 valence electrons. The van der Waals surface area contributed by atoms with Crippen LogP contribution in [0.25, 0.3) is 0 Å². The lowest BCUT2D eigenvalue weighted by molar-refractivity contribution is -0.153. The van der Waals surface area contributed by atoms with E-state index in [1.807, 2.05) is 13.8 Å². The molecule has 2 N–H and O–H groups in total. The quantitative estimate of drug-likeness (QED) is 0.754. The van der Waals surface area contributed by atoms with Crippen LogP contribution < -0.4 is 20.1 Å². The number of carbonyl (C=O) groups excluding carboxylic acids is 1. The number of pyridine rings is 1. The summed E-state index contributed by atoms with van der Waals surface area (Å²) in [7, 11) is 0. The first-order valence-electron chi connectivity index (χ1n) is 8.18. The van der Waals surface area contributed by atoms with Gasteiger partial charge in [-0.25, -0.2) is 9.78 Å². The van der Waals surface area contributed by atoms with Crippen molar-refractivity contribution in [2.24, 2.45) is 0 Å². The third kappa shape index (κ3) is 7.43. The molecule has 1 heterocycles. The molecule has 2 rings (SSSR count). The first-order valence-corrected chi connectivity index (χ1v) is 8.18. The minimum Gasteiger partial charge on any atom is -0.484 e. The van der Waals surface area contributed by atoms with Gasteiger partial charge < -0.3 is 20.1 Å². The Labute approximate surface area is 154 Å². The average molecular weight is 383 g/mol. The number of hydrogen-bond donors (Lipinski definition) is 2. The van der Waals surface area contributed by atoms with E-state index in [0.717, 1.165) is 0 Å². The van der Waals surface area contributed by atoms with Crippen molar-refractivity contribution in [3.8, 4) is 11.6 Å². The molecule has 6 nitrogen and oxygen atoms in total. The molecule has 9 heteroatoms. The third-order valence-electron chi connectivity index (χ3n) is 3.12. The summed E-state index contributed by atoms with van der Waals surface area (Å²) in [5, 5.41) is 5.24. The molecule has 0 radical (unpaired) electrons. The SMILES string of the molecule is CC(C)Oc1ncccc1NC(=O)NCc1cccc(OCC(F)(F)F)c1. The van der Waals surface area contributed by atoms with Crippen LogP contribution in [0.4, 0.5) is 23.7 Å². The van der Waals surface area contributed by atoms with Gasteiger partial charge in [0, 0.05) is 12.7 Å². The molecular formula is C18H20F3N3O3. The number of benzene rings is 1. The van der Waals surface area contributed by atoms with E-state index in [-0.39, 0.29) is 18.4 Å². The Hall–Kier alpha value is -2.97. The van der Waals surface area contributed by atoms with Crippen LogP contribution in [0.5, 0.6) is 11.6 Å². The van der Waals surface area contributed by atoms with Crippen LogP contribution in [0.1, 0.15) is 19.4 Å². The summed E-state index contributed by atoms with van der Waals surface area (Å²) in [6, 6.07) is 8.87. The van der Waals surface area contributed by atoms with Crippen molar-refractivity contribution in [2.45, 2.75) is 32.7 Å². The molecule has 0 fully saturated rings. The Balaban J connectivity index is 1.91. The number of ether oxygens (including phenoxy) is 2. The number of rotatable bonds is 7. The lowest BCUT2D eigenvalue weighted by Gasteiger charge is -2.14. The average Bonchev–Trinajstić information content (AvgIpc) is 2.59. The van der Waals surface area contributed by atoms with Gasteiger partial charge in [0.25, 0.3) is 0 Å². The number of nitrogens with zero attached hydrogens (tertiary/aromatic N) is 1. The fourth-order valence-electron chi connectivity index (χ4n) is 2.06. The fourth-order valence-corrected chi connectivity index (χ4v) is 2.06. The summed E-state index contributed by atoms with van der Waals surface area (Å²) >= 11 is 0. The molecule has 1 aromatic carbocycles. The number of hydrogen-bond acceptors (Lipinski definition) is 4. The zero-order valence-electron chi connectivity index (χ0n) is 14.8. The van der Waals surface area contributed by atoms with Gasteiger partial charge in [0.15, 0.2) is 6.61 Å². The Morgan fingerprint density at radius 1 is 1.22 bits per heavy atom. The van der Waals surface area contributed by atoms with E-state index in [2.05, 4.69) is 20.4 Å². The van der Waals surface area contributed by atoms with Crippen molar-refractivity contribution in [2.75, 3.05) is 11.9 Å². The van der Waals surface area contributed by atoms with Gasteiger partial charge in [-0.15, -0.1) is 0 Å². The van der Waals surface area contributed by atoms with E-state index in [1.165, 1.54) is 12.1 Å². The maximum atomic E-state index is 12.2. The first kappa shape index (κ1) is 20.3. The second-order valence-electron chi connectivity index (χ2n) is 5.88. The van der Waals surface area contributed by atoms with Crippen molar-refractivity contribution in [1.82, 2.24) is 10.3 Å². The van der Waals surface area contributed by atoms with Gasteiger partial charge in [-0.05, 0) is 43.7 Å². The number of alkyl halides is 3. The van der Waals surface area contributed by atoms with Gasteiger partial charge in [0.1, 0.15) is 11.4 Å². The third-order valence-corrected chi connectivity index (χ3v) is 3.12. The molecule has 0 unspecified atom stereocenters. The summed E-state index contributed by atoms with van der Waals surface area (Å²) < 4.78 is 46.8. The summed E-state index contributed by atoms with van der Waals surface area (Å²) in [6.07, 6.45) is -2.97. The van der Waals surface area contributed by atoms with Gasteiger partial charge in [-0.3, -0.25) is 0 Å². The van der Waals surface area contributed by atoms with E-state index in [9.17, 15) is 18.0 Å². The normalized spacial score (nSPS) is 11.2. The van der Waals surface area contributed by atoms with Crippen molar-refractivity contribution in [3.63, 3.8) is 0 Å². The summed E-state index contributed by atoms with van der Waals surface area (Å²) in [5.74, 6) is 0.372. The minimum atomic E-state index is -4.41. The minimum absolute atomic E-state index is 0.0758. The molecule has 0 bridgehead atoms. The van der Waals surface area contributed by atoms with E-state index >= 15 is 0 Å². The Bertz CT molecular complexity index is 767. The van der Waals surface area contributed by atoms with Gasteiger partial charge >= 0.3 is 12.2 Å². The Kier molecular flexibility index (Phi) is 6.86. The molecule has 2 amide bonds. The predicted molar refractivity (Wildman–Crippen MR) is 93.9 cm³/mol. The molecular weight excluding hydrogens is 363 g/mol.